The maximum atomic E-state index is 5.52. The molecular formula is C3H3ClN2S2. The lowest BCUT2D eigenvalue weighted by atomic mass is 10.8. The van der Waals surface area contributed by atoms with Crippen molar-refractivity contribution in [3.63, 3.8) is 0 Å². The van der Waals surface area contributed by atoms with Crippen LogP contribution >= 0.6 is 36.6 Å². The van der Waals surface area contributed by atoms with E-state index in [0.717, 1.165) is 0 Å². The highest BCUT2D eigenvalue weighted by Gasteiger charge is 1.90. The Balaban J connectivity index is 3.35. The standard InChI is InChI=1S/C3H3ClN2S2/c4-2-1-3(7)5-6(2)8/h1,8H,(H,5,7). The second-order valence-electron chi connectivity index (χ2n) is 1.25. The molecule has 5 heteroatoms. The van der Waals surface area contributed by atoms with E-state index in [1.807, 2.05) is 0 Å². The molecule has 1 rings (SSSR count). The molecule has 0 aromatic carbocycles. The summed E-state index contributed by atoms with van der Waals surface area (Å²) in [5, 5.41) is 3.17. The summed E-state index contributed by atoms with van der Waals surface area (Å²) in [6.45, 7) is 0. The Morgan fingerprint density at radius 1 is 1.88 bits per heavy atom. The van der Waals surface area contributed by atoms with Crippen molar-refractivity contribution in [3.05, 3.63) is 15.9 Å². The maximum Gasteiger partial charge on any atom is 0.138 e. The average molecular weight is 167 g/mol. The van der Waals surface area contributed by atoms with E-state index >= 15 is 0 Å². The van der Waals surface area contributed by atoms with Crippen molar-refractivity contribution < 1.29 is 0 Å². The Morgan fingerprint density at radius 3 is 2.62 bits per heavy atom. The summed E-state index contributed by atoms with van der Waals surface area (Å²) in [6.07, 6.45) is 0. The second-order valence-corrected chi connectivity index (χ2v) is 2.48. The van der Waals surface area contributed by atoms with Gasteiger partial charge in [-0.3, -0.25) is 5.10 Å². The number of rotatable bonds is 0. The molecule has 1 N–H and O–H groups in total. The number of H-pyrrole nitrogens is 1. The number of aromatic nitrogens is 2. The summed E-state index contributed by atoms with van der Waals surface area (Å²) in [5.41, 5.74) is 0. The first kappa shape index (κ1) is 6.19. The third-order valence-corrected chi connectivity index (χ3v) is 1.59. The van der Waals surface area contributed by atoms with E-state index in [1.54, 1.807) is 6.07 Å². The van der Waals surface area contributed by atoms with Crippen LogP contribution in [0.25, 0.3) is 0 Å². The molecule has 8 heavy (non-hydrogen) atoms. The lowest BCUT2D eigenvalue weighted by Crippen LogP contribution is -1.78. The van der Waals surface area contributed by atoms with Crippen LogP contribution in [0.15, 0.2) is 6.07 Å². The van der Waals surface area contributed by atoms with Gasteiger partial charge < -0.3 is 0 Å². The molecule has 0 amide bonds. The minimum absolute atomic E-state index is 0.498. The zero-order valence-electron chi connectivity index (χ0n) is 3.76. The van der Waals surface area contributed by atoms with Crippen molar-refractivity contribution in [3.8, 4) is 0 Å². The number of nitrogens with zero attached hydrogens (tertiary/aromatic N) is 1. The topological polar surface area (TPSA) is 20.7 Å². The summed E-state index contributed by atoms with van der Waals surface area (Å²) >= 11 is 14.1. The fourth-order valence-electron chi connectivity index (χ4n) is 0.359. The lowest BCUT2D eigenvalue weighted by Gasteiger charge is -1.85. The quantitative estimate of drug-likeness (QED) is 0.446. The van der Waals surface area contributed by atoms with E-state index in [1.165, 1.54) is 4.09 Å². The molecule has 0 fully saturated rings. The predicted octanol–water partition coefficient (Wildman–Crippen LogP) is 1.89. The smallest absolute Gasteiger partial charge is 0.138 e. The molecular weight excluding hydrogens is 164 g/mol. The Labute approximate surface area is 62.0 Å². The molecule has 0 aliphatic heterocycles. The van der Waals surface area contributed by atoms with Gasteiger partial charge in [0.1, 0.15) is 9.79 Å². The Bertz CT molecular complexity index is 215. The Hall–Kier alpha value is 0.0700. The van der Waals surface area contributed by atoms with Crippen LogP contribution in [-0.2, 0) is 0 Å². The molecule has 1 aromatic rings. The first-order chi connectivity index (χ1) is 3.70. The third kappa shape index (κ3) is 1.07. The number of hydrogen-bond acceptors (Lipinski definition) is 2. The van der Waals surface area contributed by atoms with Crippen LogP contribution in [0.1, 0.15) is 0 Å². The first-order valence-electron chi connectivity index (χ1n) is 1.87. The van der Waals surface area contributed by atoms with Crippen molar-refractivity contribution in [1.29, 1.82) is 0 Å². The van der Waals surface area contributed by atoms with E-state index in [9.17, 15) is 0 Å². The van der Waals surface area contributed by atoms with Crippen molar-refractivity contribution >= 4 is 36.6 Å². The molecule has 0 spiro atoms. The number of nitrogens with one attached hydrogen (secondary N) is 1. The van der Waals surface area contributed by atoms with Crippen LogP contribution in [0.5, 0.6) is 0 Å². The van der Waals surface area contributed by atoms with Crippen molar-refractivity contribution in [1.82, 2.24) is 9.19 Å². The fraction of sp³-hybridized carbons (Fsp3) is 0. The average Bonchev–Trinajstić information content (AvgIpc) is 1.85. The minimum atomic E-state index is 0.498. The van der Waals surface area contributed by atoms with Gasteiger partial charge in [0.25, 0.3) is 0 Å². The van der Waals surface area contributed by atoms with E-state index in [0.29, 0.717) is 9.79 Å². The van der Waals surface area contributed by atoms with E-state index in [-0.39, 0.29) is 0 Å². The molecule has 0 saturated carbocycles. The van der Waals surface area contributed by atoms with Gasteiger partial charge in [0.15, 0.2) is 0 Å². The molecule has 1 heterocycles. The molecule has 0 aliphatic rings. The molecule has 0 unspecified atom stereocenters. The minimum Gasteiger partial charge on any atom is -0.277 e. The van der Waals surface area contributed by atoms with E-state index in [2.05, 4.69) is 17.9 Å². The molecule has 0 bridgehead atoms. The first-order valence-corrected chi connectivity index (χ1v) is 3.05. The van der Waals surface area contributed by atoms with Crippen molar-refractivity contribution in [2.24, 2.45) is 0 Å². The molecule has 44 valence electrons. The van der Waals surface area contributed by atoms with Crippen LogP contribution in [0.4, 0.5) is 0 Å². The number of hydrogen-bond donors (Lipinski definition) is 2. The van der Waals surface area contributed by atoms with Crippen LogP contribution in [0.2, 0.25) is 5.15 Å². The summed E-state index contributed by atoms with van der Waals surface area (Å²) in [5.74, 6) is 0. The zero-order valence-corrected chi connectivity index (χ0v) is 6.22. The summed E-state index contributed by atoms with van der Waals surface area (Å²) in [4.78, 5) is 0. The molecule has 0 radical (unpaired) electrons. The van der Waals surface area contributed by atoms with Gasteiger partial charge in [0, 0.05) is 6.07 Å². The molecule has 0 atom stereocenters. The predicted molar refractivity (Wildman–Crippen MR) is 39.0 cm³/mol. The lowest BCUT2D eigenvalue weighted by molar-refractivity contribution is 1.01. The van der Waals surface area contributed by atoms with E-state index < -0.39 is 0 Å². The molecule has 1 aromatic heterocycles. The highest BCUT2D eigenvalue weighted by Crippen LogP contribution is 2.07. The van der Waals surface area contributed by atoms with Gasteiger partial charge in [-0.1, -0.05) is 23.8 Å². The molecule has 2 nitrogen and oxygen atoms in total. The normalized spacial score (nSPS) is 9.75. The van der Waals surface area contributed by atoms with Crippen molar-refractivity contribution in [2.75, 3.05) is 0 Å². The Kier molecular flexibility index (Phi) is 1.65. The Morgan fingerprint density at radius 2 is 2.50 bits per heavy atom. The van der Waals surface area contributed by atoms with Crippen LogP contribution in [-0.4, -0.2) is 9.19 Å². The summed E-state index contributed by atoms with van der Waals surface area (Å²) in [7, 11) is 0. The van der Waals surface area contributed by atoms with Crippen LogP contribution in [0.3, 0.4) is 0 Å². The van der Waals surface area contributed by atoms with Gasteiger partial charge in [0.05, 0.1) is 0 Å². The number of halogens is 1. The summed E-state index contributed by atoms with van der Waals surface area (Å²) < 4.78 is 1.94. The number of thiol groups is 1. The van der Waals surface area contributed by atoms with Gasteiger partial charge in [-0.05, 0) is 12.8 Å². The van der Waals surface area contributed by atoms with Gasteiger partial charge in [-0.25, -0.2) is 4.09 Å². The number of aromatic amines is 1. The monoisotopic (exact) mass is 166 g/mol. The van der Waals surface area contributed by atoms with Gasteiger partial charge in [0.2, 0.25) is 0 Å². The highest BCUT2D eigenvalue weighted by atomic mass is 35.5. The zero-order chi connectivity index (χ0) is 6.15. The fourth-order valence-corrected chi connectivity index (χ4v) is 1.01. The van der Waals surface area contributed by atoms with E-state index in [4.69, 9.17) is 23.8 Å². The third-order valence-electron chi connectivity index (χ3n) is 0.669. The second kappa shape index (κ2) is 2.13. The maximum absolute atomic E-state index is 5.52. The van der Waals surface area contributed by atoms with Gasteiger partial charge in [-0.2, -0.15) is 0 Å². The molecule has 0 aliphatic carbocycles. The highest BCUT2D eigenvalue weighted by molar-refractivity contribution is 7.78. The van der Waals surface area contributed by atoms with Crippen LogP contribution in [0, 0.1) is 4.64 Å². The van der Waals surface area contributed by atoms with Crippen LogP contribution < -0.4 is 0 Å². The van der Waals surface area contributed by atoms with Crippen molar-refractivity contribution in [2.45, 2.75) is 0 Å². The van der Waals surface area contributed by atoms with Gasteiger partial charge in [-0.15, -0.1) is 0 Å². The largest absolute Gasteiger partial charge is 0.277 e. The van der Waals surface area contributed by atoms with Gasteiger partial charge >= 0.3 is 0 Å². The SMILES string of the molecule is S=c1cc(Cl)n(S)[nH]1. The summed E-state index contributed by atoms with van der Waals surface area (Å²) in [6, 6.07) is 1.61. The molecule has 0 saturated heterocycles.